The molecule has 0 fully saturated rings. The van der Waals surface area contributed by atoms with Gasteiger partial charge in [-0.2, -0.15) is 0 Å². The predicted octanol–water partition coefficient (Wildman–Crippen LogP) is 6.21. The molecule has 4 heteroatoms. The maximum Gasteiger partial charge on any atom is 0.335 e. The Hall–Kier alpha value is -3.30. The van der Waals surface area contributed by atoms with Gasteiger partial charge < -0.3 is 9.67 Å². The summed E-state index contributed by atoms with van der Waals surface area (Å²) in [6.07, 6.45) is 6.16. The van der Waals surface area contributed by atoms with Crippen LogP contribution < -0.4 is 0 Å². The third kappa shape index (κ3) is 3.85. The Morgan fingerprint density at radius 3 is 2.43 bits per heavy atom. The minimum Gasteiger partial charge on any atom is -0.478 e. The van der Waals surface area contributed by atoms with Crippen LogP contribution in [0, 0.1) is 0 Å². The molecular weight excluding hydrogens is 370 g/mol. The number of aromatic carboxylic acids is 1. The predicted molar refractivity (Wildman–Crippen MR) is 115 cm³/mol. The smallest absolute Gasteiger partial charge is 0.335 e. The van der Waals surface area contributed by atoms with E-state index in [1.54, 1.807) is 24.3 Å². The van der Waals surface area contributed by atoms with E-state index in [4.69, 9.17) is 16.7 Å². The Bertz CT molecular complexity index is 1160. The first-order valence-electron chi connectivity index (χ1n) is 8.94. The number of fused-ring (bicyclic) bond motifs is 1. The highest BCUT2D eigenvalue weighted by molar-refractivity contribution is 6.31. The lowest BCUT2D eigenvalue weighted by Gasteiger charge is -2.05. The second-order valence-electron chi connectivity index (χ2n) is 6.62. The molecule has 1 heterocycles. The summed E-state index contributed by atoms with van der Waals surface area (Å²) in [5.41, 5.74) is 4.62. The molecule has 3 aromatic carbocycles. The SMILES string of the molecule is O=C(O)c1ccc(/C=C/c2cn(Cc3ccccc3)c3cc(Cl)ccc23)cc1. The standard InChI is InChI=1S/C24H18ClNO2/c25-21-12-13-22-20(11-8-17-6-9-19(10-7-17)24(27)28)16-26(23(22)14-21)15-18-4-2-1-3-5-18/h1-14,16H,15H2,(H,27,28)/b11-8+. The van der Waals surface area contributed by atoms with Gasteiger partial charge in [0, 0.05) is 28.7 Å². The molecule has 28 heavy (non-hydrogen) atoms. The largest absolute Gasteiger partial charge is 0.478 e. The van der Waals surface area contributed by atoms with Crippen molar-refractivity contribution in [2.45, 2.75) is 6.54 Å². The molecule has 0 aliphatic heterocycles. The second kappa shape index (κ2) is 7.75. The number of halogens is 1. The Morgan fingerprint density at radius 2 is 1.71 bits per heavy atom. The summed E-state index contributed by atoms with van der Waals surface area (Å²) in [5, 5.41) is 10.8. The lowest BCUT2D eigenvalue weighted by Crippen LogP contribution is -1.97. The normalized spacial score (nSPS) is 11.3. The average Bonchev–Trinajstić information content (AvgIpc) is 3.04. The van der Waals surface area contributed by atoms with E-state index in [-0.39, 0.29) is 5.56 Å². The van der Waals surface area contributed by atoms with Crippen molar-refractivity contribution in [1.82, 2.24) is 4.57 Å². The zero-order valence-electron chi connectivity index (χ0n) is 15.0. The summed E-state index contributed by atoms with van der Waals surface area (Å²) in [6, 6.07) is 23.1. The highest BCUT2D eigenvalue weighted by atomic mass is 35.5. The van der Waals surface area contributed by atoms with E-state index < -0.39 is 5.97 Å². The van der Waals surface area contributed by atoms with Crippen LogP contribution in [0.4, 0.5) is 0 Å². The first kappa shape index (κ1) is 18.1. The van der Waals surface area contributed by atoms with E-state index in [1.165, 1.54) is 5.56 Å². The van der Waals surface area contributed by atoms with Gasteiger partial charge in [-0.1, -0.05) is 72.3 Å². The zero-order chi connectivity index (χ0) is 19.5. The molecule has 0 saturated carbocycles. The molecule has 0 aliphatic carbocycles. The van der Waals surface area contributed by atoms with Crippen LogP contribution >= 0.6 is 11.6 Å². The third-order valence-corrected chi connectivity index (χ3v) is 4.92. The fourth-order valence-electron chi connectivity index (χ4n) is 3.26. The van der Waals surface area contributed by atoms with E-state index in [2.05, 4.69) is 22.9 Å². The third-order valence-electron chi connectivity index (χ3n) is 4.68. The van der Waals surface area contributed by atoms with Gasteiger partial charge in [0.15, 0.2) is 0 Å². The molecule has 1 aromatic heterocycles. The number of carboxylic acids is 1. The van der Waals surface area contributed by atoms with Crippen LogP contribution in [0.5, 0.6) is 0 Å². The second-order valence-corrected chi connectivity index (χ2v) is 7.06. The molecule has 0 atom stereocenters. The number of carboxylic acid groups (broad SMARTS) is 1. The van der Waals surface area contributed by atoms with E-state index >= 15 is 0 Å². The van der Waals surface area contributed by atoms with Gasteiger partial charge in [-0.25, -0.2) is 4.79 Å². The molecule has 4 aromatic rings. The van der Waals surface area contributed by atoms with Crippen molar-refractivity contribution in [2.75, 3.05) is 0 Å². The number of hydrogen-bond acceptors (Lipinski definition) is 1. The molecule has 1 N–H and O–H groups in total. The van der Waals surface area contributed by atoms with Crippen LogP contribution in [0.3, 0.4) is 0 Å². The highest BCUT2D eigenvalue weighted by Crippen LogP contribution is 2.27. The lowest BCUT2D eigenvalue weighted by molar-refractivity contribution is 0.0697. The molecule has 3 nitrogen and oxygen atoms in total. The summed E-state index contributed by atoms with van der Waals surface area (Å²) in [6.45, 7) is 0.763. The number of hydrogen-bond donors (Lipinski definition) is 1. The van der Waals surface area contributed by atoms with Gasteiger partial charge >= 0.3 is 5.97 Å². The van der Waals surface area contributed by atoms with Gasteiger partial charge in [0.25, 0.3) is 0 Å². The van der Waals surface area contributed by atoms with Crippen LogP contribution in [0.15, 0.2) is 79.0 Å². The van der Waals surface area contributed by atoms with E-state index in [1.807, 2.05) is 48.6 Å². The monoisotopic (exact) mass is 387 g/mol. The van der Waals surface area contributed by atoms with Crippen molar-refractivity contribution in [3.63, 3.8) is 0 Å². The number of nitrogens with zero attached hydrogens (tertiary/aromatic N) is 1. The average molecular weight is 388 g/mol. The molecule has 0 radical (unpaired) electrons. The molecule has 0 amide bonds. The number of aromatic nitrogens is 1. The van der Waals surface area contributed by atoms with E-state index in [0.29, 0.717) is 5.02 Å². The van der Waals surface area contributed by atoms with Crippen LogP contribution in [-0.2, 0) is 6.54 Å². The maximum absolute atomic E-state index is 11.0. The first-order valence-corrected chi connectivity index (χ1v) is 9.32. The van der Waals surface area contributed by atoms with Crippen molar-refractivity contribution in [2.24, 2.45) is 0 Å². The molecule has 0 bridgehead atoms. The van der Waals surface area contributed by atoms with Gasteiger partial charge in [0.05, 0.1) is 11.1 Å². The Balaban J connectivity index is 1.69. The summed E-state index contributed by atoms with van der Waals surface area (Å²) >= 11 is 6.24. The van der Waals surface area contributed by atoms with Gasteiger partial charge in [-0.15, -0.1) is 0 Å². The summed E-state index contributed by atoms with van der Waals surface area (Å²) < 4.78 is 2.20. The number of benzene rings is 3. The Kier molecular flexibility index (Phi) is 5.00. The first-order chi connectivity index (χ1) is 13.6. The van der Waals surface area contributed by atoms with Gasteiger partial charge in [-0.05, 0) is 35.4 Å². The Labute approximate surface area is 168 Å². The van der Waals surface area contributed by atoms with Crippen LogP contribution in [0.2, 0.25) is 5.02 Å². The minimum absolute atomic E-state index is 0.284. The molecule has 0 unspecified atom stereocenters. The summed E-state index contributed by atoms with van der Waals surface area (Å²) in [5.74, 6) is -0.920. The fraction of sp³-hybridized carbons (Fsp3) is 0.0417. The highest BCUT2D eigenvalue weighted by Gasteiger charge is 2.08. The minimum atomic E-state index is -0.920. The molecule has 138 valence electrons. The molecule has 0 spiro atoms. The summed E-state index contributed by atoms with van der Waals surface area (Å²) in [7, 11) is 0. The quantitative estimate of drug-likeness (QED) is 0.442. The van der Waals surface area contributed by atoms with Crippen molar-refractivity contribution in [3.8, 4) is 0 Å². The van der Waals surface area contributed by atoms with Crippen molar-refractivity contribution >= 4 is 40.6 Å². The lowest BCUT2D eigenvalue weighted by atomic mass is 10.1. The van der Waals surface area contributed by atoms with Crippen LogP contribution in [-0.4, -0.2) is 15.6 Å². The number of rotatable bonds is 5. The molecule has 4 rings (SSSR count). The van der Waals surface area contributed by atoms with E-state index in [9.17, 15) is 4.79 Å². The topological polar surface area (TPSA) is 42.2 Å². The fourth-order valence-corrected chi connectivity index (χ4v) is 3.43. The van der Waals surface area contributed by atoms with Crippen LogP contribution in [0.1, 0.15) is 27.0 Å². The van der Waals surface area contributed by atoms with Gasteiger partial charge in [0.1, 0.15) is 0 Å². The molecular formula is C24H18ClNO2. The maximum atomic E-state index is 11.0. The van der Waals surface area contributed by atoms with Crippen molar-refractivity contribution in [1.29, 1.82) is 0 Å². The van der Waals surface area contributed by atoms with Crippen LogP contribution in [0.25, 0.3) is 23.1 Å². The molecule has 0 aliphatic rings. The van der Waals surface area contributed by atoms with E-state index in [0.717, 1.165) is 28.6 Å². The van der Waals surface area contributed by atoms with Gasteiger partial charge in [0.2, 0.25) is 0 Å². The van der Waals surface area contributed by atoms with Crippen molar-refractivity contribution in [3.05, 3.63) is 106 Å². The summed E-state index contributed by atoms with van der Waals surface area (Å²) in [4.78, 5) is 11.0. The molecule has 0 saturated heterocycles. The van der Waals surface area contributed by atoms with Gasteiger partial charge in [-0.3, -0.25) is 0 Å². The number of carbonyl (C=O) groups is 1. The Morgan fingerprint density at radius 1 is 0.964 bits per heavy atom. The zero-order valence-corrected chi connectivity index (χ0v) is 15.8. The van der Waals surface area contributed by atoms with Crippen molar-refractivity contribution < 1.29 is 9.90 Å².